The third-order valence-corrected chi connectivity index (χ3v) is 4.62. The van der Waals surface area contributed by atoms with Crippen LogP contribution in [0.4, 0.5) is 0 Å². The minimum Gasteiger partial charge on any atom is -0.383 e. The zero-order valence-corrected chi connectivity index (χ0v) is 19.7. The molecule has 2 rings (SSSR count). The van der Waals surface area contributed by atoms with E-state index < -0.39 is 0 Å². The minimum atomic E-state index is 0. The molecule has 0 unspecified atom stereocenters. The molecular weight excluding hydrogens is 477 g/mol. The van der Waals surface area contributed by atoms with Crippen LogP contribution in [-0.4, -0.2) is 48.5 Å². The van der Waals surface area contributed by atoms with Gasteiger partial charge < -0.3 is 15.0 Å². The molecule has 0 saturated heterocycles. The van der Waals surface area contributed by atoms with Crippen LogP contribution in [0.5, 0.6) is 0 Å². The summed E-state index contributed by atoms with van der Waals surface area (Å²) in [6.07, 6.45) is 0. The van der Waals surface area contributed by atoms with E-state index in [0.717, 1.165) is 35.5 Å². The van der Waals surface area contributed by atoms with Crippen molar-refractivity contribution in [2.75, 3.05) is 27.8 Å². The number of hydrogen-bond donors (Lipinski definition) is 1. The van der Waals surface area contributed by atoms with E-state index in [9.17, 15) is 0 Å². The summed E-state index contributed by atoms with van der Waals surface area (Å²) < 4.78 is 7.15. The smallest absolute Gasteiger partial charge is 0.193 e. The largest absolute Gasteiger partial charge is 0.383 e. The molecule has 0 aliphatic carbocycles. The van der Waals surface area contributed by atoms with Crippen LogP contribution in [0.1, 0.15) is 22.5 Å². The summed E-state index contributed by atoms with van der Waals surface area (Å²) in [7, 11) is 5.52. The number of benzene rings is 1. The van der Waals surface area contributed by atoms with Gasteiger partial charge in [-0.15, -0.1) is 24.0 Å². The van der Waals surface area contributed by atoms with Gasteiger partial charge in [-0.05, 0) is 31.5 Å². The van der Waals surface area contributed by atoms with Crippen molar-refractivity contribution >= 4 is 41.5 Å². The fourth-order valence-electron chi connectivity index (χ4n) is 2.88. The van der Waals surface area contributed by atoms with Crippen LogP contribution in [-0.2, 0) is 24.4 Å². The summed E-state index contributed by atoms with van der Waals surface area (Å²) in [6, 6.07) is 7.87. The molecule has 0 atom stereocenters. The van der Waals surface area contributed by atoms with Crippen LogP contribution < -0.4 is 5.32 Å². The number of guanidine groups is 1. The van der Waals surface area contributed by atoms with Crippen molar-refractivity contribution in [3.8, 4) is 0 Å². The van der Waals surface area contributed by atoms with E-state index in [0.29, 0.717) is 13.2 Å². The van der Waals surface area contributed by atoms with E-state index in [-0.39, 0.29) is 24.0 Å². The second kappa shape index (κ2) is 11.5. The van der Waals surface area contributed by atoms with Crippen molar-refractivity contribution < 1.29 is 4.74 Å². The Labute approximate surface area is 184 Å². The maximum absolute atomic E-state index is 5.95. The molecule has 2 aromatic rings. The Morgan fingerprint density at radius 3 is 2.56 bits per heavy atom. The van der Waals surface area contributed by atoms with Gasteiger partial charge in [-0.1, -0.05) is 23.7 Å². The lowest BCUT2D eigenvalue weighted by molar-refractivity contribution is 0.182. The summed E-state index contributed by atoms with van der Waals surface area (Å²) in [4.78, 5) is 6.48. The van der Waals surface area contributed by atoms with Gasteiger partial charge in [-0.2, -0.15) is 5.10 Å². The van der Waals surface area contributed by atoms with Crippen molar-refractivity contribution in [1.29, 1.82) is 0 Å². The topological polar surface area (TPSA) is 54.7 Å². The van der Waals surface area contributed by atoms with Gasteiger partial charge in [0.2, 0.25) is 0 Å². The Bertz CT molecular complexity index is 745. The predicted molar refractivity (Wildman–Crippen MR) is 122 cm³/mol. The summed E-state index contributed by atoms with van der Waals surface area (Å²) in [5.41, 5.74) is 4.56. The Kier molecular flexibility index (Phi) is 10.1. The number of hydrogen-bond acceptors (Lipinski definition) is 3. The fraction of sp³-hybridized carbons (Fsp3) is 0.474. The van der Waals surface area contributed by atoms with Gasteiger partial charge >= 0.3 is 0 Å². The molecule has 1 heterocycles. The second-order valence-electron chi connectivity index (χ2n) is 6.25. The first kappa shape index (κ1) is 23.7. The monoisotopic (exact) mass is 505 g/mol. The molecule has 0 bridgehead atoms. The summed E-state index contributed by atoms with van der Waals surface area (Å²) in [6.45, 7) is 6.97. The van der Waals surface area contributed by atoms with E-state index in [2.05, 4.69) is 27.2 Å². The number of nitrogens with zero attached hydrogens (tertiary/aromatic N) is 4. The van der Waals surface area contributed by atoms with Crippen LogP contribution in [0.15, 0.2) is 29.3 Å². The van der Waals surface area contributed by atoms with Gasteiger partial charge in [0.05, 0.1) is 18.8 Å². The number of aliphatic imine (C=N–C) groups is 1. The predicted octanol–water partition coefficient (Wildman–Crippen LogP) is 3.63. The van der Waals surface area contributed by atoms with Gasteiger partial charge in [-0.25, -0.2) is 0 Å². The summed E-state index contributed by atoms with van der Waals surface area (Å²) in [5, 5.41) is 8.78. The van der Waals surface area contributed by atoms with Gasteiger partial charge in [-0.3, -0.25) is 9.67 Å². The molecule has 1 aromatic carbocycles. The Hall–Kier alpha value is -1.32. The van der Waals surface area contributed by atoms with Gasteiger partial charge in [0.1, 0.15) is 0 Å². The third kappa shape index (κ3) is 6.65. The molecule has 150 valence electrons. The molecule has 0 aliphatic rings. The zero-order valence-electron chi connectivity index (χ0n) is 16.6. The Morgan fingerprint density at radius 2 is 1.96 bits per heavy atom. The highest BCUT2D eigenvalue weighted by Gasteiger charge is 2.13. The third-order valence-electron chi connectivity index (χ3n) is 4.37. The van der Waals surface area contributed by atoms with E-state index in [1.165, 1.54) is 11.1 Å². The van der Waals surface area contributed by atoms with Crippen molar-refractivity contribution in [3.05, 3.63) is 51.8 Å². The molecule has 0 fully saturated rings. The number of aryl methyl sites for hydroxylation is 1. The van der Waals surface area contributed by atoms with E-state index in [1.807, 2.05) is 42.9 Å². The molecule has 0 saturated carbocycles. The fourth-order valence-corrected chi connectivity index (χ4v) is 3.00. The first-order valence-electron chi connectivity index (χ1n) is 8.64. The molecular formula is C19H29ClIN5O. The average molecular weight is 506 g/mol. The highest BCUT2D eigenvalue weighted by Crippen LogP contribution is 2.14. The summed E-state index contributed by atoms with van der Waals surface area (Å²) in [5.74, 6) is 0.836. The number of rotatable bonds is 7. The number of aromatic nitrogens is 2. The number of halogens is 2. The standard InChI is InChI=1S/C19H28ClN5O.HI/c1-14-18(15(2)25(23-14)10-11-26-5)12-22-19(21-3)24(4)13-16-6-8-17(20)9-7-16;/h6-9H,10-13H2,1-5H3,(H,21,22);1H. The van der Waals surface area contributed by atoms with Gasteiger partial charge in [0, 0.05) is 50.6 Å². The average Bonchev–Trinajstić information content (AvgIpc) is 2.89. The Morgan fingerprint density at radius 1 is 1.30 bits per heavy atom. The maximum Gasteiger partial charge on any atom is 0.193 e. The molecule has 0 aliphatic heterocycles. The highest BCUT2D eigenvalue weighted by atomic mass is 127. The van der Waals surface area contributed by atoms with Crippen LogP contribution in [0.2, 0.25) is 5.02 Å². The van der Waals surface area contributed by atoms with E-state index in [4.69, 9.17) is 16.3 Å². The van der Waals surface area contributed by atoms with Gasteiger partial charge in [0.25, 0.3) is 0 Å². The Balaban J connectivity index is 0.00000364. The van der Waals surface area contributed by atoms with Crippen molar-refractivity contribution in [3.63, 3.8) is 0 Å². The quantitative estimate of drug-likeness (QED) is 0.355. The van der Waals surface area contributed by atoms with Crippen molar-refractivity contribution in [2.24, 2.45) is 4.99 Å². The molecule has 0 radical (unpaired) electrons. The SMILES string of the molecule is CN=C(NCc1c(C)nn(CCOC)c1C)N(C)Cc1ccc(Cl)cc1.I. The lowest BCUT2D eigenvalue weighted by Crippen LogP contribution is -2.38. The molecule has 0 amide bonds. The second-order valence-corrected chi connectivity index (χ2v) is 6.69. The van der Waals surface area contributed by atoms with Crippen molar-refractivity contribution in [2.45, 2.75) is 33.5 Å². The molecule has 6 nitrogen and oxygen atoms in total. The summed E-state index contributed by atoms with van der Waals surface area (Å²) >= 11 is 5.95. The molecule has 1 aromatic heterocycles. The van der Waals surface area contributed by atoms with Crippen LogP contribution in [0.3, 0.4) is 0 Å². The van der Waals surface area contributed by atoms with E-state index in [1.54, 1.807) is 14.2 Å². The highest BCUT2D eigenvalue weighted by molar-refractivity contribution is 14.0. The van der Waals surface area contributed by atoms with Crippen LogP contribution in [0.25, 0.3) is 0 Å². The lowest BCUT2D eigenvalue weighted by atomic mass is 10.2. The number of ether oxygens (including phenoxy) is 1. The first-order chi connectivity index (χ1) is 12.5. The normalized spacial score (nSPS) is 11.3. The maximum atomic E-state index is 5.95. The minimum absolute atomic E-state index is 0. The molecule has 8 heteroatoms. The zero-order chi connectivity index (χ0) is 19.1. The first-order valence-corrected chi connectivity index (χ1v) is 9.02. The molecule has 0 spiro atoms. The molecule has 27 heavy (non-hydrogen) atoms. The van der Waals surface area contributed by atoms with Gasteiger partial charge in [0.15, 0.2) is 5.96 Å². The lowest BCUT2D eigenvalue weighted by Gasteiger charge is -2.22. The van der Waals surface area contributed by atoms with Crippen LogP contribution in [0, 0.1) is 13.8 Å². The van der Waals surface area contributed by atoms with E-state index >= 15 is 0 Å². The van der Waals surface area contributed by atoms with Crippen LogP contribution >= 0.6 is 35.6 Å². The number of nitrogens with one attached hydrogen (secondary N) is 1. The molecule has 1 N–H and O–H groups in total. The van der Waals surface area contributed by atoms with Crippen molar-refractivity contribution in [1.82, 2.24) is 20.0 Å². The number of methoxy groups -OCH3 is 1.